The van der Waals surface area contributed by atoms with Crippen LogP contribution in [0, 0.1) is 5.82 Å². The van der Waals surface area contributed by atoms with Crippen molar-refractivity contribution in [1.29, 1.82) is 0 Å². The molecule has 0 radical (unpaired) electrons. The minimum atomic E-state index is -0.541. The van der Waals surface area contributed by atoms with Gasteiger partial charge in [0, 0.05) is 6.08 Å². The number of nitrogens with two attached hydrogens (primary N) is 1. The fraction of sp³-hybridized carbons (Fsp3) is 0.0833. The second-order valence-electron chi connectivity index (χ2n) is 6.64. The van der Waals surface area contributed by atoms with E-state index in [0.29, 0.717) is 28.4 Å². The van der Waals surface area contributed by atoms with E-state index >= 15 is 0 Å². The highest BCUT2D eigenvalue weighted by Crippen LogP contribution is 2.28. The van der Waals surface area contributed by atoms with Gasteiger partial charge in [-0.05, 0) is 48.0 Å². The second-order valence-corrected chi connectivity index (χ2v) is 6.64. The van der Waals surface area contributed by atoms with Gasteiger partial charge >= 0.3 is 0 Å². The van der Waals surface area contributed by atoms with Crippen LogP contribution in [0.1, 0.15) is 5.56 Å². The molecule has 32 heavy (non-hydrogen) atoms. The summed E-state index contributed by atoms with van der Waals surface area (Å²) in [5.41, 5.74) is 7.51. The van der Waals surface area contributed by atoms with Gasteiger partial charge in [-0.15, -0.1) is 0 Å². The molecule has 0 aliphatic carbocycles. The van der Waals surface area contributed by atoms with E-state index in [1.54, 1.807) is 54.6 Å². The number of methoxy groups -OCH3 is 1. The summed E-state index contributed by atoms with van der Waals surface area (Å²) in [5.74, 6) is -0.724. The van der Waals surface area contributed by atoms with Gasteiger partial charge in [0.25, 0.3) is 5.91 Å². The number of hydrogen-bond donors (Lipinski definition) is 3. The molecule has 0 aliphatic heterocycles. The third-order valence-electron chi connectivity index (χ3n) is 4.34. The number of anilines is 3. The molecule has 7 nitrogen and oxygen atoms in total. The Morgan fingerprint density at radius 3 is 2.41 bits per heavy atom. The number of ether oxygens (including phenoxy) is 2. The van der Waals surface area contributed by atoms with Gasteiger partial charge < -0.3 is 25.8 Å². The maximum atomic E-state index is 13.7. The Kier molecular flexibility index (Phi) is 7.42. The quantitative estimate of drug-likeness (QED) is 0.365. The molecule has 164 valence electrons. The van der Waals surface area contributed by atoms with E-state index in [-0.39, 0.29) is 18.2 Å². The van der Waals surface area contributed by atoms with Gasteiger partial charge in [-0.25, -0.2) is 4.39 Å². The Balaban J connectivity index is 1.64. The number of nitrogen functional groups attached to an aromatic ring is 1. The molecule has 0 unspecified atom stereocenters. The number of para-hydroxylation sites is 3. The van der Waals surface area contributed by atoms with Crippen LogP contribution in [0.4, 0.5) is 21.5 Å². The first-order chi connectivity index (χ1) is 15.5. The van der Waals surface area contributed by atoms with Gasteiger partial charge in [0.15, 0.2) is 18.1 Å². The van der Waals surface area contributed by atoms with E-state index in [9.17, 15) is 14.0 Å². The van der Waals surface area contributed by atoms with Gasteiger partial charge in [-0.2, -0.15) is 0 Å². The van der Waals surface area contributed by atoms with Crippen LogP contribution in [-0.4, -0.2) is 25.5 Å². The predicted molar refractivity (Wildman–Crippen MR) is 122 cm³/mol. The highest BCUT2D eigenvalue weighted by Gasteiger charge is 2.10. The predicted octanol–water partition coefficient (Wildman–Crippen LogP) is 4.09. The Labute approximate surface area is 184 Å². The van der Waals surface area contributed by atoms with Crippen LogP contribution in [-0.2, 0) is 9.59 Å². The number of halogens is 1. The number of rotatable bonds is 8. The largest absolute Gasteiger partial charge is 0.493 e. The molecule has 8 heteroatoms. The number of hydrogen-bond acceptors (Lipinski definition) is 5. The fourth-order valence-corrected chi connectivity index (χ4v) is 2.76. The molecule has 0 spiro atoms. The highest BCUT2D eigenvalue weighted by atomic mass is 19.1. The van der Waals surface area contributed by atoms with Gasteiger partial charge in [-0.3, -0.25) is 9.59 Å². The minimum absolute atomic E-state index is 0.0646. The third kappa shape index (κ3) is 6.09. The van der Waals surface area contributed by atoms with E-state index in [0.717, 1.165) is 0 Å². The molecule has 0 saturated heterocycles. The summed E-state index contributed by atoms with van der Waals surface area (Å²) >= 11 is 0. The van der Waals surface area contributed by atoms with Crippen LogP contribution in [0.3, 0.4) is 0 Å². The van der Waals surface area contributed by atoms with Crippen LogP contribution in [0.2, 0.25) is 0 Å². The van der Waals surface area contributed by atoms with E-state index < -0.39 is 11.7 Å². The van der Waals surface area contributed by atoms with Crippen LogP contribution >= 0.6 is 0 Å². The zero-order chi connectivity index (χ0) is 22.9. The molecule has 0 bridgehead atoms. The summed E-state index contributed by atoms with van der Waals surface area (Å²) in [6.07, 6.45) is 2.93. The molecule has 3 rings (SSSR count). The average Bonchev–Trinajstić information content (AvgIpc) is 2.79. The lowest BCUT2D eigenvalue weighted by Gasteiger charge is -2.12. The summed E-state index contributed by atoms with van der Waals surface area (Å²) < 4.78 is 24.5. The molecule has 0 fully saturated rings. The molecule has 3 aromatic rings. The number of carbonyl (C=O) groups excluding carboxylic acids is 2. The summed E-state index contributed by atoms with van der Waals surface area (Å²) in [5, 5.41) is 5.14. The molecule has 0 atom stereocenters. The SMILES string of the molecule is COc1ccc(/C=C/C(=O)Nc2ccccc2N)cc1OCC(=O)Nc1ccccc1F. The lowest BCUT2D eigenvalue weighted by molar-refractivity contribution is -0.118. The van der Waals surface area contributed by atoms with Crippen molar-refractivity contribution in [3.05, 3.63) is 84.2 Å². The number of nitrogens with one attached hydrogen (secondary N) is 2. The van der Waals surface area contributed by atoms with E-state index in [1.807, 2.05) is 0 Å². The zero-order valence-electron chi connectivity index (χ0n) is 17.3. The first kappa shape index (κ1) is 22.4. The van der Waals surface area contributed by atoms with E-state index in [2.05, 4.69) is 10.6 Å². The molecule has 0 saturated carbocycles. The molecule has 3 aromatic carbocycles. The lowest BCUT2D eigenvalue weighted by atomic mass is 10.2. The summed E-state index contributed by atoms with van der Waals surface area (Å²) in [6, 6.07) is 17.8. The molecular formula is C24H22FN3O4. The van der Waals surface area contributed by atoms with Crippen LogP contribution < -0.4 is 25.8 Å². The molecule has 0 aliphatic rings. The number of amides is 2. The lowest BCUT2D eigenvalue weighted by Crippen LogP contribution is -2.21. The topological polar surface area (TPSA) is 103 Å². The Hall–Kier alpha value is -4.33. The standard InChI is InChI=1S/C24H22FN3O4/c1-31-21-12-10-16(11-13-23(29)28-20-9-5-3-7-18(20)26)14-22(21)32-15-24(30)27-19-8-4-2-6-17(19)25/h2-14H,15,26H2,1H3,(H,27,30)(H,28,29)/b13-11+. The first-order valence-corrected chi connectivity index (χ1v) is 9.65. The molecule has 4 N–H and O–H groups in total. The Bertz CT molecular complexity index is 1150. The molecule has 2 amide bonds. The average molecular weight is 435 g/mol. The van der Waals surface area contributed by atoms with Crippen molar-refractivity contribution in [1.82, 2.24) is 0 Å². The molecule has 0 aromatic heterocycles. The minimum Gasteiger partial charge on any atom is -0.493 e. The van der Waals surface area contributed by atoms with Gasteiger partial charge in [0.2, 0.25) is 5.91 Å². The summed E-state index contributed by atoms with van der Waals surface area (Å²) in [4.78, 5) is 24.3. The smallest absolute Gasteiger partial charge is 0.262 e. The second kappa shape index (κ2) is 10.6. The number of carbonyl (C=O) groups is 2. The zero-order valence-corrected chi connectivity index (χ0v) is 17.3. The van der Waals surface area contributed by atoms with Gasteiger partial charge in [-0.1, -0.05) is 30.3 Å². The normalized spacial score (nSPS) is 10.6. The molecule has 0 heterocycles. The van der Waals surface area contributed by atoms with E-state index in [4.69, 9.17) is 15.2 Å². The Morgan fingerprint density at radius 2 is 1.69 bits per heavy atom. The fourth-order valence-electron chi connectivity index (χ4n) is 2.76. The third-order valence-corrected chi connectivity index (χ3v) is 4.34. The van der Waals surface area contributed by atoms with Crippen molar-refractivity contribution >= 4 is 35.0 Å². The Morgan fingerprint density at radius 1 is 0.969 bits per heavy atom. The summed E-state index contributed by atoms with van der Waals surface area (Å²) in [6.45, 7) is -0.356. The van der Waals surface area contributed by atoms with Crippen molar-refractivity contribution in [2.75, 3.05) is 30.1 Å². The van der Waals surface area contributed by atoms with Crippen molar-refractivity contribution in [2.24, 2.45) is 0 Å². The maximum absolute atomic E-state index is 13.7. The van der Waals surface area contributed by atoms with E-state index in [1.165, 1.54) is 31.4 Å². The van der Waals surface area contributed by atoms with Crippen molar-refractivity contribution in [3.8, 4) is 11.5 Å². The monoisotopic (exact) mass is 435 g/mol. The van der Waals surface area contributed by atoms with Crippen molar-refractivity contribution in [3.63, 3.8) is 0 Å². The van der Waals surface area contributed by atoms with Crippen LogP contribution in [0.5, 0.6) is 11.5 Å². The van der Waals surface area contributed by atoms with Gasteiger partial charge in [0.1, 0.15) is 5.82 Å². The molecular weight excluding hydrogens is 413 g/mol. The first-order valence-electron chi connectivity index (χ1n) is 9.65. The number of benzene rings is 3. The maximum Gasteiger partial charge on any atom is 0.262 e. The summed E-state index contributed by atoms with van der Waals surface area (Å²) in [7, 11) is 1.47. The van der Waals surface area contributed by atoms with Crippen LogP contribution in [0.25, 0.3) is 6.08 Å². The highest BCUT2D eigenvalue weighted by molar-refractivity contribution is 6.03. The van der Waals surface area contributed by atoms with Crippen molar-refractivity contribution in [2.45, 2.75) is 0 Å². The van der Waals surface area contributed by atoms with Gasteiger partial charge in [0.05, 0.1) is 24.2 Å². The van der Waals surface area contributed by atoms with Crippen LogP contribution in [0.15, 0.2) is 72.8 Å². The van der Waals surface area contributed by atoms with Crippen molar-refractivity contribution < 1.29 is 23.5 Å².